The average Bonchev–Trinajstić information content (AvgIpc) is 3.23. The first-order valence-electron chi connectivity index (χ1n) is 13.5. The van der Waals surface area contributed by atoms with Gasteiger partial charge in [0.15, 0.2) is 11.5 Å². The number of nitrogens with two attached hydrogens (primary N) is 1. The number of hydrogen-bond acceptors (Lipinski definition) is 4. The third kappa shape index (κ3) is 6.45. The molecule has 0 aliphatic heterocycles. The number of hydrogen-bond donors (Lipinski definition) is 1. The van der Waals surface area contributed by atoms with Gasteiger partial charge in [0.2, 0.25) is 0 Å². The zero-order valence-corrected chi connectivity index (χ0v) is 23.3. The average molecular weight is 527 g/mol. The number of carbonyl (C=O) groups excluding carboxylic acids is 1. The summed E-state index contributed by atoms with van der Waals surface area (Å²) in [5, 5.41) is 0. The highest BCUT2D eigenvalue weighted by Crippen LogP contribution is 2.37. The number of methoxy groups -OCH3 is 2. The minimum Gasteiger partial charge on any atom is -0.493 e. The fourth-order valence-corrected chi connectivity index (χ4v) is 5.13. The van der Waals surface area contributed by atoms with Crippen LogP contribution in [0.5, 0.6) is 23.0 Å². The Morgan fingerprint density at radius 2 is 1.59 bits per heavy atom. The summed E-state index contributed by atoms with van der Waals surface area (Å²) >= 11 is 0. The van der Waals surface area contributed by atoms with Crippen LogP contribution in [0.3, 0.4) is 0 Å². The summed E-state index contributed by atoms with van der Waals surface area (Å²) in [5.74, 6) is 2.46. The largest absolute Gasteiger partial charge is 0.493 e. The van der Waals surface area contributed by atoms with Gasteiger partial charge in [0.25, 0.3) is 5.91 Å². The summed E-state index contributed by atoms with van der Waals surface area (Å²) in [6, 6.07) is 23.6. The van der Waals surface area contributed by atoms with Crippen LogP contribution in [0.15, 0.2) is 72.8 Å². The van der Waals surface area contributed by atoms with Gasteiger partial charge >= 0.3 is 0 Å². The minimum absolute atomic E-state index is 0.418. The first-order valence-corrected chi connectivity index (χ1v) is 13.5. The van der Waals surface area contributed by atoms with Crippen molar-refractivity contribution in [1.82, 2.24) is 4.57 Å². The molecule has 0 radical (unpaired) electrons. The van der Waals surface area contributed by atoms with Crippen molar-refractivity contribution in [3.05, 3.63) is 95.3 Å². The maximum Gasteiger partial charge on any atom is 0.251 e. The van der Waals surface area contributed by atoms with Gasteiger partial charge in [-0.2, -0.15) is 0 Å². The van der Waals surface area contributed by atoms with Crippen LogP contribution in [0.25, 0.3) is 11.1 Å². The molecule has 4 rings (SSSR count). The zero-order valence-electron chi connectivity index (χ0n) is 23.3. The number of primary amides is 1. The van der Waals surface area contributed by atoms with Gasteiger partial charge < -0.3 is 24.5 Å². The second kappa shape index (κ2) is 13.1. The number of nitrogens with zero attached hydrogens (tertiary/aromatic N) is 1. The van der Waals surface area contributed by atoms with Crippen molar-refractivity contribution in [3.8, 4) is 34.1 Å². The Morgan fingerprint density at radius 1 is 0.846 bits per heavy atom. The molecule has 0 aliphatic carbocycles. The van der Waals surface area contributed by atoms with Crippen molar-refractivity contribution in [2.75, 3.05) is 14.2 Å². The number of ether oxygens (including phenoxy) is 3. The Morgan fingerprint density at radius 3 is 2.28 bits per heavy atom. The van der Waals surface area contributed by atoms with Crippen LogP contribution in [-0.2, 0) is 19.4 Å². The standard InChI is InChI=1S/C33H38N2O4/c1-5-6-8-16-28-32(25-12-11-15-27(22-25)39-26-13-9-7-10-14-26)31(33(34)36)23(2)35(28)20-19-24-17-18-29(37-3)30(21-24)38-4/h7,9-15,17-18,21-22H,5-6,8,16,19-20H2,1-4H3,(H2,34,36). The van der Waals surface area contributed by atoms with Crippen LogP contribution in [-0.4, -0.2) is 24.7 Å². The van der Waals surface area contributed by atoms with Crippen molar-refractivity contribution in [2.24, 2.45) is 5.73 Å². The lowest BCUT2D eigenvalue weighted by Gasteiger charge is -2.15. The normalized spacial score (nSPS) is 10.9. The second-order valence-corrected chi connectivity index (χ2v) is 9.64. The number of aromatic nitrogens is 1. The number of para-hydroxylation sites is 1. The van der Waals surface area contributed by atoms with Crippen LogP contribution in [0.1, 0.15) is 53.5 Å². The summed E-state index contributed by atoms with van der Waals surface area (Å²) in [5.41, 5.74) is 11.6. The van der Waals surface area contributed by atoms with Crippen LogP contribution in [0, 0.1) is 6.92 Å². The summed E-state index contributed by atoms with van der Waals surface area (Å²) in [6.07, 6.45) is 4.88. The molecule has 0 fully saturated rings. The van der Waals surface area contributed by atoms with E-state index >= 15 is 0 Å². The third-order valence-corrected chi connectivity index (χ3v) is 7.07. The van der Waals surface area contributed by atoms with E-state index in [1.165, 1.54) is 0 Å². The first kappa shape index (κ1) is 27.8. The number of benzene rings is 3. The Bertz CT molecular complexity index is 1410. The lowest BCUT2D eigenvalue weighted by Crippen LogP contribution is -2.14. The van der Waals surface area contributed by atoms with Crippen molar-refractivity contribution in [2.45, 2.75) is 52.5 Å². The maximum absolute atomic E-state index is 12.9. The highest BCUT2D eigenvalue weighted by molar-refractivity contribution is 6.02. The molecule has 3 aromatic carbocycles. The first-order chi connectivity index (χ1) is 19.0. The van der Waals surface area contributed by atoms with Crippen LogP contribution >= 0.6 is 0 Å². The van der Waals surface area contributed by atoms with Crippen molar-refractivity contribution in [1.29, 1.82) is 0 Å². The van der Waals surface area contributed by atoms with Crippen molar-refractivity contribution >= 4 is 5.91 Å². The molecular formula is C33H38N2O4. The maximum atomic E-state index is 12.9. The quantitative estimate of drug-likeness (QED) is 0.185. The Labute approximate surface area is 231 Å². The van der Waals surface area contributed by atoms with Gasteiger partial charge in [0.05, 0.1) is 19.8 Å². The van der Waals surface area contributed by atoms with Crippen LogP contribution in [0.4, 0.5) is 0 Å². The van der Waals surface area contributed by atoms with Crippen LogP contribution in [0.2, 0.25) is 0 Å². The molecule has 6 heteroatoms. The number of amides is 1. The minimum atomic E-state index is -0.418. The van der Waals surface area contributed by atoms with E-state index in [0.29, 0.717) is 29.4 Å². The molecule has 204 valence electrons. The molecule has 0 saturated carbocycles. The van der Waals surface area contributed by atoms with Gasteiger partial charge in [0.1, 0.15) is 11.5 Å². The van der Waals surface area contributed by atoms with E-state index in [9.17, 15) is 4.79 Å². The molecule has 0 bridgehead atoms. The Kier molecular flexibility index (Phi) is 9.31. The second-order valence-electron chi connectivity index (χ2n) is 9.64. The van der Waals surface area contributed by atoms with E-state index in [1.54, 1.807) is 14.2 Å². The number of aryl methyl sites for hydroxylation is 1. The molecule has 0 saturated heterocycles. The fourth-order valence-electron chi connectivity index (χ4n) is 5.13. The topological polar surface area (TPSA) is 75.7 Å². The summed E-state index contributed by atoms with van der Waals surface area (Å²) in [4.78, 5) is 12.9. The van der Waals surface area contributed by atoms with E-state index in [4.69, 9.17) is 19.9 Å². The molecule has 0 atom stereocenters. The molecule has 6 nitrogen and oxygen atoms in total. The predicted molar refractivity (Wildman–Crippen MR) is 156 cm³/mol. The third-order valence-electron chi connectivity index (χ3n) is 7.07. The van der Waals surface area contributed by atoms with Gasteiger partial charge in [-0.25, -0.2) is 0 Å². The predicted octanol–water partition coefficient (Wildman–Crippen LogP) is 7.35. The molecule has 2 N–H and O–H groups in total. The Hall–Kier alpha value is -4.19. The van der Waals surface area contributed by atoms with Crippen molar-refractivity contribution < 1.29 is 19.0 Å². The summed E-state index contributed by atoms with van der Waals surface area (Å²) < 4.78 is 19.3. The highest BCUT2D eigenvalue weighted by atomic mass is 16.5. The molecule has 0 unspecified atom stereocenters. The SMILES string of the molecule is CCCCCc1c(-c2cccc(Oc3ccccc3)c2)c(C(N)=O)c(C)n1CCc1ccc(OC)c(OC)c1. The van der Waals surface area contributed by atoms with Gasteiger partial charge in [-0.3, -0.25) is 4.79 Å². The van der Waals surface area contributed by atoms with E-state index in [0.717, 1.165) is 65.9 Å². The molecule has 1 heterocycles. The van der Waals surface area contributed by atoms with Gasteiger partial charge in [0, 0.05) is 23.5 Å². The smallest absolute Gasteiger partial charge is 0.251 e. The fraction of sp³-hybridized carbons (Fsp3) is 0.303. The molecule has 0 spiro atoms. The Balaban J connectivity index is 1.75. The number of unbranched alkanes of at least 4 members (excludes halogenated alkanes) is 2. The summed E-state index contributed by atoms with van der Waals surface area (Å²) in [7, 11) is 3.28. The van der Waals surface area contributed by atoms with Crippen molar-refractivity contribution in [3.63, 3.8) is 0 Å². The van der Waals surface area contributed by atoms with E-state index in [-0.39, 0.29) is 0 Å². The molecule has 0 aliphatic rings. The molecule has 39 heavy (non-hydrogen) atoms. The molecular weight excluding hydrogens is 488 g/mol. The van der Waals surface area contributed by atoms with Crippen LogP contribution < -0.4 is 19.9 Å². The number of rotatable bonds is 13. The monoisotopic (exact) mass is 526 g/mol. The summed E-state index contributed by atoms with van der Waals surface area (Å²) in [6.45, 7) is 4.90. The molecule has 4 aromatic rings. The van der Waals surface area contributed by atoms with Gasteiger partial charge in [-0.05, 0) is 73.7 Å². The van der Waals surface area contributed by atoms with Gasteiger partial charge in [-0.1, -0.05) is 56.2 Å². The molecule has 1 amide bonds. The van der Waals surface area contributed by atoms with E-state index in [1.807, 2.05) is 73.7 Å². The zero-order chi connectivity index (χ0) is 27.8. The molecule has 1 aromatic heterocycles. The van der Waals surface area contributed by atoms with Gasteiger partial charge in [-0.15, -0.1) is 0 Å². The number of carbonyl (C=O) groups is 1. The van der Waals surface area contributed by atoms with E-state index < -0.39 is 5.91 Å². The van der Waals surface area contributed by atoms with E-state index in [2.05, 4.69) is 17.6 Å². The highest BCUT2D eigenvalue weighted by Gasteiger charge is 2.25. The lowest BCUT2D eigenvalue weighted by atomic mass is 9.97. The lowest BCUT2D eigenvalue weighted by molar-refractivity contribution is 0.1000.